The zero-order chi connectivity index (χ0) is 20.0. The molecule has 2 heterocycles. The highest BCUT2D eigenvalue weighted by Gasteiger charge is 2.34. The maximum absolute atomic E-state index is 12.5. The van der Waals surface area contributed by atoms with Crippen LogP contribution < -0.4 is 10.6 Å². The van der Waals surface area contributed by atoms with Gasteiger partial charge in [-0.25, -0.2) is 0 Å². The molecule has 2 N–H and O–H groups in total. The highest BCUT2D eigenvalue weighted by molar-refractivity contribution is 6.08. The van der Waals surface area contributed by atoms with Gasteiger partial charge in [0.25, 0.3) is 5.91 Å². The molecule has 2 amide bonds. The Morgan fingerprint density at radius 2 is 1.86 bits per heavy atom. The van der Waals surface area contributed by atoms with Crippen molar-refractivity contribution in [2.45, 2.75) is 6.04 Å². The van der Waals surface area contributed by atoms with Crippen molar-refractivity contribution in [3.63, 3.8) is 0 Å². The summed E-state index contributed by atoms with van der Waals surface area (Å²) in [6.07, 6.45) is 2.13. The van der Waals surface area contributed by atoms with Crippen LogP contribution in [-0.4, -0.2) is 61.4 Å². The minimum atomic E-state index is -0.165. The summed E-state index contributed by atoms with van der Waals surface area (Å²) >= 11 is 0. The van der Waals surface area contributed by atoms with E-state index in [9.17, 15) is 9.59 Å². The van der Waals surface area contributed by atoms with Gasteiger partial charge >= 0.3 is 0 Å². The number of amides is 2. The average molecular weight is 388 g/mol. The molecular formula is C23H24N4O2. The molecule has 0 aromatic heterocycles. The number of nitrogens with one attached hydrogen (secondary N) is 2. The molecule has 0 radical (unpaired) electrons. The SMILES string of the molecule is CN1CCN(CC(=O)Nc2ccc3c(c2)C2NC(=O)c4ccccc4C2=C3)CC1. The van der Waals surface area contributed by atoms with Gasteiger partial charge in [-0.2, -0.15) is 0 Å². The third-order valence-corrected chi connectivity index (χ3v) is 6.02. The third kappa shape index (κ3) is 3.34. The Morgan fingerprint density at radius 1 is 1.10 bits per heavy atom. The Balaban J connectivity index is 1.33. The van der Waals surface area contributed by atoms with E-state index >= 15 is 0 Å². The normalized spacial score (nSPS) is 20.9. The van der Waals surface area contributed by atoms with Crippen LogP contribution in [0.5, 0.6) is 0 Å². The van der Waals surface area contributed by atoms with E-state index in [1.54, 1.807) is 0 Å². The Bertz CT molecular complexity index is 1020. The zero-order valence-electron chi connectivity index (χ0n) is 16.4. The molecule has 2 aromatic carbocycles. The van der Waals surface area contributed by atoms with Crippen molar-refractivity contribution >= 4 is 29.2 Å². The molecule has 1 unspecified atom stereocenters. The Hall–Kier alpha value is -2.96. The van der Waals surface area contributed by atoms with Gasteiger partial charge in [-0.15, -0.1) is 0 Å². The molecule has 148 valence electrons. The van der Waals surface area contributed by atoms with Gasteiger partial charge in [0, 0.05) is 37.4 Å². The number of carbonyl (C=O) groups is 2. The number of piperazine rings is 1. The van der Waals surface area contributed by atoms with Gasteiger partial charge in [-0.1, -0.05) is 24.3 Å². The van der Waals surface area contributed by atoms with E-state index in [2.05, 4.69) is 33.6 Å². The third-order valence-electron chi connectivity index (χ3n) is 6.02. The number of fused-ring (bicyclic) bond motifs is 5. The molecule has 6 heteroatoms. The van der Waals surface area contributed by atoms with Gasteiger partial charge in [0.15, 0.2) is 0 Å². The fraction of sp³-hybridized carbons (Fsp3) is 0.304. The van der Waals surface area contributed by atoms with Crippen LogP contribution in [0.2, 0.25) is 0 Å². The molecule has 1 fully saturated rings. The van der Waals surface area contributed by atoms with Crippen molar-refractivity contribution in [3.8, 4) is 0 Å². The molecule has 0 spiro atoms. The maximum atomic E-state index is 12.5. The summed E-state index contributed by atoms with van der Waals surface area (Å²) in [4.78, 5) is 29.5. The second-order valence-corrected chi connectivity index (χ2v) is 8.02. The first-order chi connectivity index (χ1) is 14.1. The Labute approximate surface area is 170 Å². The lowest BCUT2D eigenvalue weighted by Gasteiger charge is -2.31. The number of hydrogen-bond acceptors (Lipinski definition) is 4. The highest BCUT2D eigenvalue weighted by atomic mass is 16.2. The summed E-state index contributed by atoms with van der Waals surface area (Å²) in [6, 6.07) is 13.5. The highest BCUT2D eigenvalue weighted by Crippen LogP contribution is 2.44. The molecule has 2 aromatic rings. The van der Waals surface area contributed by atoms with Gasteiger partial charge in [0.05, 0.1) is 12.6 Å². The van der Waals surface area contributed by atoms with E-state index in [0.29, 0.717) is 12.1 Å². The largest absolute Gasteiger partial charge is 0.341 e. The molecule has 6 nitrogen and oxygen atoms in total. The monoisotopic (exact) mass is 388 g/mol. The van der Waals surface area contributed by atoms with Crippen LogP contribution >= 0.6 is 0 Å². The average Bonchev–Trinajstić information content (AvgIpc) is 3.08. The first kappa shape index (κ1) is 18.1. The smallest absolute Gasteiger partial charge is 0.252 e. The van der Waals surface area contributed by atoms with Crippen LogP contribution in [0, 0.1) is 0 Å². The summed E-state index contributed by atoms with van der Waals surface area (Å²) < 4.78 is 0. The maximum Gasteiger partial charge on any atom is 0.252 e. The van der Waals surface area contributed by atoms with Crippen molar-refractivity contribution in [1.82, 2.24) is 15.1 Å². The molecule has 0 saturated carbocycles. The van der Waals surface area contributed by atoms with Crippen molar-refractivity contribution in [2.24, 2.45) is 0 Å². The second kappa shape index (κ2) is 7.13. The minimum absolute atomic E-state index is 0.00120. The van der Waals surface area contributed by atoms with Gasteiger partial charge < -0.3 is 15.5 Å². The summed E-state index contributed by atoms with van der Waals surface area (Å²) in [6.45, 7) is 4.21. The molecule has 1 atom stereocenters. The van der Waals surface area contributed by atoms with Gasteiger partial charge in [0.1, 0.15) is 0 Å². The quantitative estimate of drug-likeness (QED) is 0.846. The standard InChI is InChI=1S/C23H24N4O2/c1-26-8-10-27(11-9-26)14-21(28)24-16-7-6-15-12-20-17-4-2-3-5-18(17)23(29)25-22(20)19(15)13-16/h2-7,12-13,22H,8-11,14H2,1H3,(H,24,28)(H,25,29). The zero-order valence-corrected chi connectivity index (χ0v) is 16.4. The van der Waals surface area contributed by atoms with Crippen molar-refractivity contribution in [2.75, 3.05) is 45.1 Å². The van der Waals surface area contributed by atoms with Gasteiger partial charge in [-0.05, 0) is 53.6 Å². The number of likely N-dealkylation sites (N-methyl/N-ethyl adjacent to an activating group) is 1. The topological polar surface area (TPSA) is 64.7 Å². The molecule has 2 aliphatic heterocycles. The first-order valence-electron chi connectivity index (χ1n) is 10.0. The number of benzene rings is 2. The summed E-state index contributed by atoms with van der Waals surface area (Å²) in [5, 5.41) is 6.13. The van der Waals surface area contributed by atoms with Crippen molar-refractivity contribution in [1.29, 1.82) is 0 Å². The van der Waals surface area contributed by atoms with E-state index < -0.39 is 0 Å². The van der Waals surface area contributed by atoms with Crippen LogP contribution in [0.15, 0.2) is 42.5 Å². The molecule has 3 aliphatic rings. The van der Waals surface area contributed by atoms with E-state index in [1.165, 1.54) is 0 Å². The van der Waals surface area contributed by atoms with E-state index in [1.807, 2.05) is 42.5 Å². The molecule has 5 rings (SSSR count). The minimum Gasteiger partial charge on any atom is -0.341 e. The predicted molar refractivity (Wildman–Crippen MR) is 114 cm³/mol. The van der Waals surface area contributed by atoms with Gasteiger partial charge in [0.2, 0.25) is 5.91 Å². The first-order valence-corrected chi connectivity index (χ1v) is 10.0. The van der Waals surface area contributed by atoms with Crippen molar-refractivity contribution in [3.05, 3.63) is 64.7 Å². The van der Waals surface area contributed by atoms with Crippen LogP contribution in [0.25, 0.3) is 11.6 Å². The number of hydrogen-bond donors (Lipinski definition) is 2. The number of rotatable bonds is 3. The van der Waals surface area contributed by atoms with Crippen LogP contribution in [0.4, 0.5) is 5.69 Å². The van der Waals surface area contributed by atoms with Crippen LogP contribution in [-0.2, 0) is 4.79 Å². The van der Waals surface area contributed by atoms with Crippen molar-refractivity contribution < 1.29 is 9.59 Å². The summed E-state index contributed by atoms with van der Waals surface area (Å²) in [5.41, 5.74) is 5.68. The summed E-state index contributed by atoms with van der Waals surface area (Å²) in [7, 11) is 2.10. The lowest BCUT2D eigenvalue weighted by atomic mass is 9.90. The lowest BCUT2D eigenvalue weighted by Crippen LogP contribution is -2.47. The number of carbonyl (C=O) groups excluding carboxylic acids is 2. The van der Waals surface area contributed by atoms with Crippen LogP contribution in [0.1, 0.15) is 33.1 Å². The molecule has 0 bridgehead atoms. The second-order valence-electron chi connectivity index (χ2n) is 8.02. The fourth-order valence-corrected chi connectivity index (χ4v) is 4.39. The molecule has 1 aliphatic carbocycles. The number of nitrogens with zero attached hydrogens (tertiary/aromatic N) is 2. The molecule has 29 heavy (non-hydrogen) atoms. The van der Waals surface area contributed by atoms with E-state index in [-0.39, 0.29) is 17.9 Å². The van der Waals surface area contributed by atoms with E-state index in [4.69, 9.17) is 0 Å². The van der Waals surface area contributed by atoms with Gasteiger partial charge in [-0.3, -0.25) is 14.5 Å². The molecular weight excluding hydrogens is 364 g/mol. The fourth-order valence-electron chi connectivity index (χ4n) is 4.39. The Kier molecular flexibility index (Phi) is 4.45. The summed E-state index contributed by atoms with van der Waals surface area (Å²) in [5.74, 6) is -0.0567. The Morgan fingerprint density at radius 3 is 2.66 bits per heavy atom. The predicted octanol–water partition coefficient (Wildman–Crippen LogP) is 2.21. The van der Waals surface area contributed by atoms with Crippen LogP contribution in [0.3, 0.4) is 0 Å². The molecule has 1 saturated heterocycles. The number of anilines is 1. The van der Waals surface area contributed by atoms with E-state index in [0.717, 1.165) is 54.1 Å². The lowest BCUT2D eigenvalue weighted by molar-refractivity contribution is -0.117.